The quantitative estimate of drug-likeness (QED) is 0.248. The molecular weight excluding hydrogens is 434 g/mol. The molecule has 0 aliphatic heterocycles. The molecule has 0 bridgehead atoms. The van der Waals surface area contributed by atoms with Gasteiger partial charge in [0.05, 0.1) is 11.0 Å². The Hall–Kier alpha value is -4.62. The maximum atomic E-state index is 2.39. The Labute approximate surface area is 210 Å². The zero-order valence-electron chi connectivity index (χ0n) is 20.1. The van der Waals surface area contributed by atoms with Gasteiger partial charge in [-0.3, -0.25) is 0 Å². The third-order valence-corrected chi connectivity index (χ3v) is 7.32. The number of hydrogen-bond donors (Lipinski definition) is 0. The van der Waals surface area contributed by atoms with Gasteiger partial charge in [0.1, 0.15) is 0 Å². The van der Waals surface area contributed by atoms with Crippen LogP contribution in [0.25, 0.3) is 60.5 Å². The lowest BCUT2D eigenvalue weighted by atomic mass is 9.95. The Kier molecular flexibility index (Phi) is 4.75. The summed E-state index contributed by atoms with van der Waals surface area (Å²) in [5, 5.41) is 5.15. The highest BCUT2D eigenvalue weighted by Gasteiger charge is 2.16. The first-order valence-corrected chi connectivity index (χ1v) is 12.5. The fraction of sp³-hybridized carbons (Fsp3) is 0.0286. The molecule has 7 rings (SSSR count). The van der Waals surface area contributed by atoms with Gasteiger partial charge >= 0.3 is 0 Å². The molecule has 0 unspecified atom stereocenters. The van der Waals surface area contributed by atoms with Crippen molar-refractivity contribution in [3.63, 3.8) is 0 Å². The van der Waals surface area contributed by atoms with Crippen LogP contribution >= 0.6 is 0 Å². The van der Waals surface area contributed by atoms with Crippen LogP contribution in [0.1, 0.15) is 5.56 Å². The van der Waals surface area contributed by atoms with Gasteiger partial charge in [0.2, 0.25) is 0 Å². The Morgan fingerprint density at radius 3 is 2.08 bits per heavy atom. The number of fused-ring (bicyclic) bond motifs is 5. The molecule has 1 aromatic heterocycles. The third kappa shape index (κ3) is 3.25. The largest absolute Gasteiger partial charge is 0.309 e. The Balaban J connectivity index is 1.51. The van der Waals surface area contributed by atoms with Gasteiger partial charge in [-0.25, -0.2) is 0 Å². The Bertz CT molecular complexity index is 1890. The molecule has 6 aromatic carbocycles. The number of benzene rings is 6. The minimum absolute atomic E-state index is 1.18. The van der Waals surface area contributed by atoms with Gasteiger partial charge in [0, 0.05) is 16.5 Å². The lowest BCUT2D eigenvalue weighted by molar-refractivity contribution is 1.18. The lowest BCUT2D eigenvalue weighted by Gasteiger charge is -2.10. The second kappa shape index (κ2) is 8.25. The SMILES string of the molecule is Cc1ccccc1-c1cccc(-c2ccc3c(c2)c2c4ccccc4ccc2n3-c2ccccc2)c1. The van der Waals surface area contributed by atoms with Gasteiger partial charge in [-0.1, -0.05) is 97.1 Å². The molecule has 1 heterocycles. The van der Waals surface area contributed by atoms with Gasteiger partial charge in [-0.2, -0.15) is 0 Å². The summed E-state index contributed by atoms with van der Waals surface area (Å²) in [4.78, 5) is 0. The van der Waals surface area contributed by atoms with Gasteiger partial charge in [-0.05, 0) is 81.9 Å². The molecule has 0 N–H and O–H groups in total. The molecule has 0 aliphatic carbocycles. The molecule has 170 valence electrons. The van der Waals surface area contributed by atoms with Crippen LogP contribution in [0.3, 0.4) is 0 Å². The van der Waals surface area contributed by atoms with E-state index in [1.54, 1.807) is 0 Å². The zero-order chi connectivity index (χ0) is 24.1. The van der Waals surface area contributed by atoms with Crippen molar-refractivity contribution in [2.75, 3.05) is 0 Å². The average molecular weight is 460 g/mol. The third-order valence-electron chi connectivity index (χ3n) is 7.32. The predicted octanol–water partition coefficient (Wildman–Crippen LogP) is 9.58. The van der Waals surface area contributed by atoms with E-state index in [1.165, 1.54) is 66.1 Å². The van der Waals surface area contributed by atoms with E-state index in [0.29, 0.717) is 0 Å². The minimum atomic E-state index is 1.18. The van der Waals surface area contributed by atoms with Gasteiger partial charge in [-0.15, -0.1) is 0 Å². The molecule has 1 heteroatoms. The maximum absolute atomic E-state index is 2.39. The van der Waals surface area contributed by atoms with Crippen molar-refractivity contribution in [2.24, 2.45) is 0 Å². The number of para-hydroxylation sites is 1. The van der Waals surface area contributed by atoms with E-state index in [0.717, 1.165) is 0 Å². The summed E-state index contributed by atoms with van der Waals surface area (Å²) in [7, 11) is 0. The fourth-order valence-corrected chi connectivity index (χ4v) is 5.59. The molecule has 0 aliphatic rings. The topological polar surface area (TPSA) is 4.93 Å². The van der Waals surface area contributed by atoms with Crippen LogP contribution in [-0.2, 0) is 0 Å². The molecule has 0 fully saturated rings. The van der Waals surface area contributed by atoms with Crippen molar-refractivity contribution in [3.8, 4) is 27.9 Å². The molecule has 0 atom stereocenters. The second-order valence-corrected chi connectivity index (χ2v) is 9.48. The first-order valence-electron chi connectivity index (χ1n) is 12.5. The molecule has 7 aromatic rings. The summed E-state index contributed by atoms with van der Waals surface area (Å²) >= 11 is 0. The van der Waals surface area contributed by atoms with Crippen LogP contribution in [0.2, 0.25) is 0 Å². The summed E-state index contributed by atoms with van der Waals surface area (Å²) in [5.74, 6) is 0. The fourth-order valence-electron chi connectivity index (χ4n) is 5.59. The van der Waals surface area contributed by atoms with Crippen LogP contribution < -0.4 is 0 Å². The van der Waals surface area contributed by atoms with E-state index in [1.807, 2.05) is 0 Å². The molecule has 0 saturated carbocycles. The number of aryl methyl sites for hydroxylation is 1. The van der Waals surface area contributed by atoms with Crippen molar-refractivity contribution < 1.29 is 0 Å². The van der Waals surface area contributed by atoms with E-state index in [4.69, 9.17) is 0 Å². The van der Waals surface area contributed by atoms with E-state index in [2.05, 4.69) is 145 Å². The van der Waals surface area contributed by atoms with Crippen molar-refractivity contribution in [1.82, 2.24) is 4.57 Å². The standard InChI is InChI=1S/C35H25N/c1-24-10-5-7-16-30(24)28-13-9-12-26(22-28)27-19-20-33-32(23-27)35-31-17-8-6-11-25(31)18-21-34(35)36(33)29-14-3-2-4-15-29/h2-23H,1H3. The highest BCUT2D eigenvalue weighted by Crippen LogP contribution is 2.39. The number of aromatic nitrogens is 1. The Morgan fingerprint density at radius 2 is 1.19 bits per heavy atom. The van der Waals surface area contributed by atoms with Gasteiger partial charge in [0.25, 0.3) is 0 Å². The summed E-state index contributed by atoms with van der Waals surface area (Å²) in [6.45, 7) is 2.18. The van der Waals surface area contributed by atoms with E-state index >= 15 is 0 Å². The molecule has 0 radical (unpaired) electrons. The van der Waals surface area contributed by atoms with E-state index in [9.17, 15) is 0 Å². The molecule has 0 saturated heterocycles. The molecular formula is C35H25N. The average Bonchev–Trinajstić information content (AvgIpc) is 3.28. The van der Waals surface area contributed by atoms with Crippen molar-refractivity contribution >= 4 is 32.6 Å². The molecule has 0 amide bonds. The van der Waals surface area contributed by atoms with Crippen molar-refractivity contribution in [1.29, 1.82) is 0 Å². The number of rotatable bonds is 3. The zero-order valence-corrected chi connectivity index (χ0v) is 20.1. The smallest absolute Gasteiger partial charge is 0.0547 e. The van der Waals surface area contributed by atoms with Crippen LogP contribution in [-0.4, -0.2) is 4.57 Å². The molecule has 36 heavy (non-hydrogen) atoms. The lowest BCUT2D eigenvalue weighted by Crippen LogP contribution is -1.93. The number of nitrogens with zero attached hydrogens (tertiary/aromatic N) is 1. The highest BCUT2D eigenvalue weighted by atomic mass is 15.0. The summed E-state index contributed by atoms with van der Waals surface area (Å²) in [6.07, 6.45) is 0. The molecule has 0 spiro atoms. The summed E-state index contributed by atoms with van der Waals surface area (Å²) < 4.78 is 2.39. The first-order chi connectivity index (χ1) is 17.8. The summed E-state index contributed by atoms with van der Waals surface area (Å²) in [5.41, 5.74) is 9.95. The molecule has 1 nitrogen and oxygen atoms in total. The van der Waals surface area contributed by atoms with Crippen molar-refractivity contribution in [3.05, 3.63) is 139 Å². The van der Waals surface area contributed by atoms with Crippen LogP contribution in [0.15, 0.2) is 133 Å². The predicted molar refractivity (Wildman–Crippen MR) is 154 cm³/mol. The summed E-state index contributed by atoms with van der Waals surface area (Å²) in [6, 6.07) is 48.3. The highest BCUT2D eigenvalue weighted by molar-refractivity contribution is 6.21. The van der Waals surface area contributed by atoms with Gasteiger partial charge < -0.3 is 4.57 Å². The maximum Gasteiger partial charge on any atom is 0.0547 e. The van der Waals surface area contributed by atoms with Gasteiger partial charge in [0.15, 0.2) is 0 Å². The number of hydrogen-bond acceptors (Lipinski definition) is 0. The van der Waals surface area contributed by atoms with Crippen LogP contribution in [0.5, 0.6) is 0 Å². The van der Waals surface area contributed by atoms with E-state index in [-0.39, 0.29) is 0 Å². The van der Waals surface area contributed by atoms with Crippen molar-refractivity contribution in [2.45, 2.75) is 6.92 Å². The minimum Gasteiger partial charge on any atom is -0.309 e. The van der Waals surface area contributed by atoms with E-state index < -0.39 is 0 Å². The van der Waals surface area contributed by atoms with Crippen LogP contribution in [0, 0.1) is 6.92 Å². The van der Waals surface area contributed by atoms with Crippen LogP contribution in [0.4, 0.5) is 0 Å². The Morgan fingerprint density at radius 1 is 0.472 bits per heavy atom. The second-order valence-electron chi connectivity index (χ2n) is 9.48. The normalized spacial score (nSPS) is 11.5. The first kappa shape index (κ1) is 20.7. The monoisotopic (exact) mass is 459 g/mol.